The maximum Gasteiger partial charge on any atom is 0.311 e. The number of hydrogen-bond acceptors (Lipinski definition) is 6. The lowest BCUT2D eigenvalue weighted by molar-refractivity contribution is -0.139. The van der Waals surface area contributed by atoms with E-state index in [0.717, 1.165) is 43.0 Å². The second kappa shape index (κ2) is 6.75. The normalized spacial score (nSPS) is 20.9. The molecule has 0 radical (unpaired) electrons. The van der Waals surface area contributed by atoms with Crippen molar-refractivity contribution >= 4 is 22.4 Å². The summed E-state index contributed by atoms with van der Waals surface area (Å²) in [6, 6.07) is 0.818. The van der Waals surface area contributed by atoms with Crippen molar-refractivity contribution in [2.24, 2.45) is 0 Å². The quantitative estimate of drug-likeness (QED) is 0.795. The Labute approximate surface area is 129 Å². The van der Waals surface area contributed by atoms with E-state index in [1.165, 1.54) is 32.8 Å². The summed E-state index contributed by atoms with van der Waals surface area (Å²) in [6.07, 6.45) is 5.82. The van der Waals surface area contributed by atoms with E-state index in [9.17, 15) is 4.79 Å². The molecule has 0 bridgehead atoms. The van der Waals surface area contributed by atoms with Gasteiger partial charge < -0.3 is 9.64 Å². The van der Waals surface area contributed by atoms with Gasteiger partial charge in [-0.25, -0.2) is 4.98 Å². The number of carbonyl (C=O) groups excluding carboxylic acids is 1. The van der Waals surface area contributed by atoms with Crippen molar-refractivity contribution in [3.8, 4) is 0 Å². The van der Waals surface area contributed by atoms with Crippen molar-refractivity contribution in [3.63, 3.8) is 0 Å². The monoisotopic (exact) mass is 309 g/mol. The summed E-state index contributed by atoms with van der Waals surface area (Å²) in [5.41, 5.74) is 0.820. The third-order valence-electron chi connectivity index (χ3n) is 4.52. The topological polar surface area (TPSA) is 45.7 Å². The van der Waals surface area contributed by atoms with Gasteiger partial charge in [-0.05, 0) is 12.8 Å². The lowest BCUT2D eigenvalue weighted by Crippen LogP contribution is -2.49. The zero-order chi connectivity index (χ0) is 14.7. The van der Waals surface area contributed by atoms with E-state index in [4.69, 9.17) is 0 Å². The average Bonchev–Trinajstić information content (AvgIpc) is 3.19. The van der Waals surface area contributed by atoms with Crippen LogP contribution in [0.5, 0.6) is 0 Å². The molecule has 0 aromatic carbocycles. The van der Waals surface area contributed by atoms with Gasteiger partial charge in [0.2, 0.25) is 0 Å². The summed E-state index contributed by atoms with van der Waals surface area (Å²) < 4.78 is 4.69. The maximum atomic E-state index is 11.3. The lowest BCUT2D eigenvalue weighted by Gasteiger charge is -2.37. The SMILES string of the molecule is COC(=O)Cc1csc(N2CCN(C3CCCC3)CC2)n1. The van der Waals surface area contributed by atoms with Gasteiger partial charge in [-0.15, -0.1) is 11.3 Å². The zero-order valence-corrected chi connectivity index (χ0v) is 13.4. The molecule has 1 aliphatic heterocycles. The molecule has 6 heteroatoms. The van der Waals surface area contributed by atoms with E-state index in [1.807, 2.05) is 5.38 Å². The van der Waals surface area contributed by atoms with Gasteiger partial charge >= 0.3 is 5.97 Å². The van der Waals surface area contributed by atoms with Crippen LogP contribution < -0.4 is 4.90 Å². The highest BCUT2D eigenvalue weighted by molar-refractivity contribution is 7.13. The van der Waals surface area contributed by atoms with E-state index < -0.39 is 0 Å². The van der Waals surface area contributed by atoms with Gasteiger partial charge in [0.25, 0.3) is 0 Å². The number of carbonyl (C=O) groups is 1. The average molecular weight is 309 g/mol. The number of piperazine rings is 1. The fourth-order valence-corrected chi connectivity index (χ4v) is 4.17. The molecular formula is C15H23N3O2S. The third-order valence-corrected chi connectivity index (χ3v) is 5.47. The molecule has 5 nitrogen and oxygen atoms in total. The molecule has 1 saturated heterocycles. The molecule has 0 spiro atoms. The fraction of sp³-hybridized carbons (Fsp3) is 0.733. The third kappa shape index (κ3) is 3.55. The Hall–Kier alpha value is -1.14. The first-order valence-electron chi connectivity index (χ1n) is 7.76. The number of aromatic nitrogens is 1. The second-order valence-electron chi connectivity index (χ2n) is 5.84. The van der Waals surface area contributed by atoms with Crippen molar-refractivity contribution in [2.75, 3.05) is 38.2 Å². The Morgan fingerprint density at radius 3 is 2.71 bits per heavy atom. The molecular weight excluding hydrogens is 286 g/mol. The van der Waals surface area contributed by atoms with Gasteiger partial charge in [0.1, 0.15) is 0 Å². The van der Waals surface area contributed by atoms with Crippen molar-refractivity contribution in [1.29, 1.82) is 0 Å². The van der Waals surface area contributed by atoms with Crippen LogP contribution in [0.25, 0.3) is 0 Å². The Kier molecular flexibility index (Phi) is 4.75. The lowest BCUT2D eigenvalue weighted by atomic mass is 10.2. The van der Waals surface area contributed by atoms with Crippen LogP contribution in [-0.2, 0) is 16.0 Å². The number of nitrogens with zero attached hydrogens (tertiary/aromatic N) is 3. The highest BCUT2D eigenvalue weighted by Crippen LogP contribution is 2.27. The number of methoxy groups -OCH3 is 1. The van der Waals surface area contributed by atoms with E-state index in [-0.39, 0.29) is 12.4 Å². The smallest absolute Gasteiger partial charge is 0.311 e. The summed E-state index contributed by atoms with van der Waals surface area (Å²) in [7, 11) is 1.41. The first-order chi connectivity index (χ1) is 10.3. The minimum Gasteiger partial charge on any atom is -0.469 e. The number of ether oxygens (including phenoxy) is 1. The molecule has 1 aliphatic carbocycles. The van der Waals surface area contributed by atoms with E-state index in [1.54, 1.807) is 11.3 Å². The molecule has 1 aromatic rings. The molecule has 2 fully saturated rings. The minimum atomic E-state index is -0.224. The van der Waals surface area contributed by atoms with Gasteiger partial charge in [0.15, 0.2) is 5.13 Å². The van der Waals surface area contributed by atoms with Crippen LogP contribution >= 0.6 is 11.3 Å². The van der Waals surface area contributed by atoms with Crippen molar-refractivity contribution in [1.82, 2.24) is 9.88 Å². The summed E-state index contributed by atoms with van der Waals surface area (Å²) in [5, 5.41) is 3.01. The summed E-state index contributed by atoms with van der Waals surface area (Å²) in [6.45, 7) is 4.36. The van der Waals surface area contributed by atoms with Crippen LogP contribution in [0, 0.1) is 0 Å². The number of thiazole rings is 1. The molecule has 0 unspecified atom stereocenters. The fourth-order valence-electron chi connectivity index (χ4n) is 3.29. The summed E-state index contributed by atoms with van der Waals surface area (Å²) >= 11 is 1.63. The molecule has 0 atom stereocenters. The summed E-state index contributed by atoms with van der Waals surface area (Å²) in [5.74, 6) is -0.224. The summed E-state index contributed by atoms with van der Waals surface area (Å²) in [4.78, 5) is 20.8. The molecule has 1 aromatic heterocycles. The number of esters is 1. The van der Waals surface area contributed by atoms with Crippen molar-refractivity contribution in [3.05, 3.63) is 11.1 Å². The van der Waals surface area contributed by atoms with Crippen LogP contribution in [-0.4, -0.2) is 55.2 Å². The number of anilines is 1. The van der Waals surface area contributed by atoms with Crippen molar-refractivity contribution in [2.45, 2.75) is 38.1 Å². The van der Waals surface area contributed by atoms with Gasteiger partial charge in [-0.1, -0.05) is 12.8 Å². The number of hydrogen-bond donors (Lipinski definition) is 0. The Balaban J connectivity index is 1.53. The van der Waals surface area contributed by atoms with Gasteiger partial charge in [0, 0.05) is 37.6 Å². The predicted molar refractivity (Wildman–Crippen MR) is 83.9 cm³/mol. The van der Waals surface area contributed by atoms with Crippen LogP contribution in [0.2, 0.25) is 0 Å². The van der Waals surface area contributed by atoms with Crippen molar-refractivity contribution < 1.29 is 9.53 Å². The molecule has 2 heterocycles. The molecule has 2 aliphatic rings. The Morgan fingerprint density at radius 2 is 2.05 bits per heavy atom. The predicted octanol–water partition coefficient (Wildman–Crippen LogP) is 1.92. The van der Waals surface area contributed by atoms with Crippen LogP contribution in [0.1, 0.15) is 31.4 Å². The van der Waals surface area contributed by atoms with Gasteiger partial charge in [-0.2, -0.15) is 0 Å². The molecule has 1 saturated carbocycles. The Morgan fingerprint density at radius 1 is 1.33 bits per heavy atom. The molecule has 21 heavy (non-hydrogen) atoms. The largest absolute Gasteiger partial charge is 0.469 e. The van der Waals surface area contributed by atoms with E-state index in [0.29, 0.717) is 0 Å². The highest BCUT2D eigenvalue weighted by Gasteiger charge is 2.27. The maximum absolute atomic E-state index is 11.3. The Bertz CT molecular complexity index is 477. The number of rotatable bonds is 4. The first-order valence-corrected chi connectivity index (χ1v) is 8.64. The molecule has 3 rings (SSSR count). The second-order valence-corrected chi connectivity index (χ2v) is 6.67. The van der Waals surface area contributed by atoms with E-state index >= 15 is 0 Å². The van der Waals surface area contributed by atoms with Gasteiger partial charge in [0.05, 0.1) is 19.2 Å². The standard InChI is InChI=1S/C15H23N3O2S/c1-20-14(19)10-12-11-21-15(16-12)18-8-6-17(7-9-18)13-4-2-3-5-13/h11,13H,2-10H2,1H3. The molecule has 0 N–H and O–H groups in total. The van der Waals surface area contributed by atoms with Crippen LogP contribution in [0.15, 0.2) is 5.38 Å². The van der Waals surface area contributed by atoms with Crippen LogP contribution in [0.4, 0.5) is 5.13 Å². The molecule has 116 valence electrons. The van der Waals surface area contributed by atoms with Gasteiger partial charge in [-0.3, -0.25) is 9.69 Å². The highest BCUT2D eigenvalue weighted by atomic mass is 32.1. The zero-order valence-electron chi connectivity index (χ0n) is 12.6. The first kappa shape index (κ1) is 14.8. The minimum absolute atomic E-state index is 0.224. The van der Waals surface area contributed by atoms with E-state index in [2.05, 4.69) is 19.5 Å². The molecule has 0 amide bonds. The van der Waals surface area contributed by atoms with Crippen LogP contribution in [0.3, 0.4) is 0 Å².